The normalized spacial score (nSPS) is 11.9. The summed E-state index contributed by atoms with van der Waals surface area (Å²) in [5, 5.41) is -7.53. The molecule has 3 aromatic heterocycles. The van der Waals surface area contributed by atoms with E-state index in [-0.39, 0.29) is 55.1 Å². The molecule has 0 unspecified atom stereocenters. The van der Waals surface area contributed by atoms with Gasteiger partial charge in [0.25, 0.3) is 0 Å². The van der Waals surface area contributed by atoms with E-state index in [0.717, 1.165) is 72.8 Å². The number of halogens is 20. The number of hydrogen-bond acceptors (Lipinski definition) is 10. The van der Waals surface area contributed by atoms with Crippen LogP contribution in [-0.4, -0.2) is 39.9 Å². The minimum absolute atomic E-state index is 0.241. The Balaban J connectivity index is 1.22. The molecule has 442 valence electrons. The molecule has 12 nitrogen and oxygen atoms in total. The first-order valence-electron chi connectivity index (χ1n) is 24.1. The molecule has 2 N–H and O–H groups in total. The smallest absolute Gasteiger partial charge is 0.198 e. The SMILES string of the molecule is Fc1cccc(F)c1Oc1c(Cl)c(Cl)c2c(c1Cl)-c1nc-2nc2[nH]c(nc3nc(nc4[nH]c(n1)c1c(Cl)c(Cl)c(Oc5c(F)cccc5F)c(Cl)c41)-c1c(Cl)c(Cl)c(Oc4c(F)cccc4F)c(Cl)c1-3)c1c(Cl)c(Oc3c(F)cccc3F)c(Cl)c(Cl)c21. The molecule has 0 saturated heterocycles. The van der Waals surface area contributed by atoms with Crippen molar-refractivity contribution < 1.29 is 54.1 Å². The van der Waals surface area contributed by atoms with Crippen LogP contribution in [0.3, 0.4) is 0 Å². The van der Waals surface area contributed by atoms with Gasteiger partial charge < -0.3 is 28.9 Å². The molecule has 0 atom stereocenters. The van der Waals surface area contributed by atoms with E-state index < -0.39 is 187 Å². The maximum absolute atomic E-state index is 15.3. The third-order valence-electron chi connectivity index (χ3n) is 13.2. The van der Waals surface area contributed by atoms with Crippen molar-refractivity contribution in [1.82, 2.24) is 39.9 Å². The number of aromatic nitrogens is 8. The zero-order valence-electron chi connectivity index (χ0n) is 41.8. The third kappa shape index (κ3) is 9.56. The van der Waals surface area contributed by atoms with Gasteiger partial charge in [-0.25, -0.2) is 65.0 Å². The second kappa shape index (κ2) is 22.6. The van der Waals surface area contributed by atoms with Gasteiger partial charge in [0.2, 0.25) is 0 Å². The highest BCUT2D eigenvalue weighted by Crippen LogP contribution is 2.58. The fourth-order valence-electron chi connectivity index (χ4n) is 9.35. The van der Waals surface area contributed by atoms with Gasteiger partial charge in [0, 0.05) is 0 Å². The zero-order valence-corrected chi connectivity index (χ0v) is 50.9. The zero-order chi connectivity index (χ0) is 62.4. The third-order valence-corrected chi connectivity index (χ3v) is 18.0. The van der Waals surface area contributed by atoms with Gasteiger partial charge in [0.15, 0.2) is 116 Å². The van der Waals surface area contributed by atoms with Crippen LogP contribution < -0.4 is 18.9 Å². The fourth-order valence-corrected chi connectivity index (χ4v) is 12.8. The summed E-state index contributed by atoms with van der Waals surface area (Å²) in [6.45, 7) is 0. The van der Waals surface area contributed by atoms with Crippen molar-refractivity contribution in [2.75, 3.05) is 0 Å². The average molecular weight is 1440 g/mol. The van der Waals surface area contributed by atoms with Gasteiger partial charge in [-0.3, -0.25) is 0 Å². The van der Waals surface area contributed by atoms with E-state index in [1.54, 1.807) is 0 Å². The van der Waals surface area contributed by atoms with Crippen LogP contribution in [0.2, 0.25) is 60.3 Å². The van der Waals surface area contributed by atoms with E-state index in [1.165, 1.54) is 0 Å². The second-order valence-electron chi connectivity index (χ2n) is 18.3. The van der Waals surface area contributed by atoms with Crippen LogP contribution in [0, 0.1) is 46.5 Å². The number of hydrogen-bond donors (Lipinski definition) is 2. The number of fused-ring (bicyclic) bond motifs is 20. The summed E-state index contributed by atoms with van der Waals surface area (Å²) in [5.41, 5.74) is -2.80. The number of benzene rings is 8. The van der Waals surface area contributed by atoms with Crippen molar-refractivity contribution in [3.8, 4) is 91.5 Å². The molecule has 13 rings (SSSR count). The van der Waals surface area contributed by atoms with E-state index in [9.17, 15) is 0 Å². The van der Waals surface area contributed by atoms with Crippen molar-refractivity contribution in [3.05, 3.63) is 180 Å². The van der Waals surface area contributed by atoms with Crippen LogP contribution in [0.25, 0.3) is 89.7 Å². The topological polar surface area (TPSA) is 146 Å². The molecule has 0 radical (unpaired) electrons. The minimum Gasteiger partial charge on any atom is -0.448 e. The summed E-state index contributed by atoms with van der Waals surface area (Å²) in [5.74, 6) is -18.1. The molecule has 0 fully saturated rings. The predicted molar refractivity (Wildman–Crippen MR) is 322 cm³/mol. The first kappa shape index (κ1) is 60.2. The average Bonchev–Trinajstić information content (AvgIpc) is 1.57. The highest BCUT2D eigenvalue weighted by Gasteiger charge is 2.37. The molecule has 88 heavy (non-hydrogen) atoms. The van der Waals surface area contributed by atoms with Gasteiger partial charge in [0.1, 0.15) is 42.7 Å². The lowest BCUT2D eigenvalue weighted by molar-refractivity contribution is 0.408. The lowest BCUT2D eigenvalue weighted by Crippen LogP contribution is -1.96. The highest BCUT2D eigenvalue weighted by molar-refractivity contribution is 6.53. The lowest BCUT2D eigenvalue weighted by atomic mass is 10.1. The van der Waals surface area contributed by atoms with E-state index in [0.29, 0.717) is 0 Å². The van der Waals surface area contributed by atoms with Crippen molar-refractivity contribution >= 4 is 183 Å². The number of rotatable bonds is 8. The number of ether oxygens (including phenoxy) is 4. The minimum atomic E-state index is -1.21. The van der Waals surface area contributed by atoms with Crippen LogP contribution >= 0.6 is 139 Å². The molecule has 11 aromatic rings. The fraction of sp³-hybridized carbons (Fsp3) is 0. The van der Waals surface area contributed by atoms with Crippen molar-refractivity contribution in [2.45, 2.75) is 0 Å². The Bertz CT molecular complexity index is 5100. The Labute approximate surface area is 544 Å². The number of aromatic amines is 2. The van der Waals surface area contributed by atoms with Crippen LogP contribution in [0.15, 0.2) is 72.8 Å². The molecular weight excluding hydrogens is 1430 g/mol. The molecule has 0 aliphatic carbocycles. The molecule has 0 saturated carbocycles. The molecule has 0 amide bonds. The molecule has 2 aliphatic rings. The molecule has 5 heterocycles. The quantitative estimate of drug-likeness (QED) is 0.111. The van der Waals surface area contributed by atoms with Crippen LogP contribution in [0.4, 0.5) is 35.1 Å². The largest absolute Gasteiger partial charge is 0.448 e. The van der Waals surface area contributed by atoms with Gasteiger partial charge in [-0.05, 0) is 48.5 Å². The van der Waals surface area contributed by atoms with E-state index in [2.05, 4.69) is 9.97 Å². The van der Waals surface area contributed by atoms with E-state index in [4.69, 9.17) is 188 Å². The van der Waals surface area contributed by atoms with E-state index in [1.807, 2.05) is 0 Å². The molecule has 32 heteroatoms. The summed E-state index contributed by atoms with van der Waals surface area (Å²) < 4.78 is 146. The Morgan fingerprint density at radius 1 is 0.239 bits per heavy atom. The van der Waals surface area contributed by atoms with Crippen LogP contribution in [0.5, 0.6) is 46.0 Å². The number of H-pyrrole nitrogens is 2. The van der Waals surface area contributed by atoms with Crippen LogP contribution in [-0.2, 0) is 0 Å². The maximum atomic E-state index is 15.3. The monoisotopic (exact) mass is 1430 g/mol. The second-order valence-corrected chi connectivity index (χ2v) is 22.8. The summed E-state index contributed by atoms with van der Waals surface area (Å²) in [6.07, 6.45) is 0. The van der Waals surface area contributed by atoms with Gasteiger partial charge in [-0.2, -0.15) is 0 Å². The van der Waals surface area contributed by atoms with Crippen molar-refractivity contribution in [1.29, 1.82) is 0 Å². The molecule has 2 aliphatic heterocycles. The Morgan fingerprint density at radius 3 is 0.693 bits per heavy atom. The molecule has 8 aromatic carbocycles. The van der Waals surface area contributed by atoms with Crippen LogP contribution in [0.1, 0.15) is 0 Å². The van der Waals surface area contributed by atoms with Gasteiger partial charge >= 0.3 is 0 Å². The van der Waals surface area contributed by atoms with E-state index >= 15 is 35.1 Å². The standard InChI is InChI=1S/C56H14Cl12F8N8O4/c57-29-21-25(33(61)45(37(29)65)85-41-13(69)5-1-6-14(41)70)53-78-49(21)77-50-22-27(35(63)47(38(66)30(22)58)87-43-17(73)9-3-10-18(43)74)55(79-50)84-56-28-24(32(60)40(68)48(36(28)64)88-44-19(75)11-4-12-20(44)76)52(83-56)82-54-26-23(51(80-53)81-54)31(59)39(67)46(34(26)62)86-42-15(71)7-2-8-16(42)72/h1-12H,(H2,77,78,79,80,81,82,83,84). The predicted octanol–water partition coefficient (Wildman–Crippen LogP) is 23.0. The summed E-state index contributed by atoms with van der Waals surface area (Å²) in [4.78, 5) is 34.5. The van der Waals surface area contributed by atoms with Gasteiger partial charge in [0.05, 0.1) is 84.0 Å². The van der Waals surface area contributed by atoms with Gasteiger partial charge in [-0.15, -0.1) is 0 Å². The first-order valence-corrected chi connectivity index (χ1v) is 28.6. The maximum Gasteiger partial charge on any atom is 0.198 e. The Morgan fingerprint density at radius 2 is 0.443 bits per heavy atom. The van der Waals surface area contributed by atoms with Crippen molar-refractivity contribution in [2.24, 2.45) is 0 Å². The first-order chi connectivity index (χ1) is 41.9. The number of nitrogens with zero attached hydrogens (tertiary/aromatic N) is 6. The van der Waals surface area contributed by atoms with Crippen molar-refractivity contribution in [3.63, 3.8) is 0 Å². The Kier molecular flexibility index (Phi) is 15.5. The van der Waals surface area contributed by atoms with Gasteiger partial charge in [-0.1, -0.05) is 163 Å². The molecule has 0 spiro atoms. The molecular formula is C56H14Cl12F8N8O4. The summed E-state index contributed by atoms with van der Waals surface area (Å²) in [7, 11) is 0. The highest BCUT2D eigenvalue weighted by atomic mass is 35.5. The summed E-state index contributed by atoms with van der Waals surface area (Å²) >= 11 is 84.7. The molecule has 8 bridgehead atoms. The lowest BCUT2D eigenvalue weighted by Gasteiger charge is -2.15. The summed E-state index contributed by atoms with van der Waals surface area (Å²) in [6, 6.07) is 11.3. The Hall–Kier alpha value is -6.76. The number of nitrogens with one attached hydrogen (secondary N) is 2. The number of para-hydroxylation sites is 4.